The van der Waals surface area contributed by atoms with E-state index in [0.29, 0.717) is 33.5 Å². The Hall–Kier alpha value is -4.46. The standard InChI is InChI=1S/C26H21FN4O3/c1-15(16-3-5-19(27)6-4-16)25(32)30-21-13-17(7-10-28-21)24-22(18-9-12-34-14-18)23-20(29-24)8-11-31(2)26(23)33/h3-15,29H,1-2H3,(H,28,30,32). The minimum Gasteiger partial charge on any atom is -0.472 e. The SMILES string of the molecule is CC(C(=O)Nc1cc(-c2[nH]c3ccn(C)c(=O)c3c2-c2ccoc2)ccn1)c1ccc(F)cc1. The highest BCUT2D eigenvalue weighted by Gasteiger charge is 2.20. The van der Waals surface area contributed by atoms with Crippen LogP contribution in [0.1, 0.15) is 18.4 Å². The number of H-pyrrole nitrogens is 1. The number of halogens is 1. The van der Waals surface area contributed by atoms with Crippen molar-refractivity contribution in [1.29, 1.82) is 0 Å². The van der Waals surface area contributed by atoms with Gasteiger partial charge in [-0.1, -0.05) is 12.1 Å². The molecular weight excluding hydrogens is 435 g/mol. The summed E-state index contributed by atoms with van der Waals surface area (Å²) in [5, 5.41) is 3.38. The lowest BCUT2D eigenvalue weighted by atomic mass is 10.00. The number of aromatic amines is 1. The number of fused-ring (bicyclic) bond motifs is 1. The Kier molecular flexibility index (Phi) is 5.33. The first-order valence-corrected chi connectivity index (χ1v) is 10.7. The summed E-state index contributed by atoms with van der Waals surface area (Å²) in [5.74, 6) is -0.756. The maximum atomic E-state index is 13.2. The van der Waals surface area contributed by atoms with E-state index in [4.69, 9.17) is 4.42 Å². The zero-order valence-electron chi connectivity index (χ0n) is 18.5. The molecule has 1 amide bonds. The third kappa shape index (κ3) is 3.79. The molecule has 0 bridgehead atoms. The number of aromatic nitrogens is 3. The van der Waals surface area contributed by atoms with Gasteiger partial charge in [0.2, 0.25) is 5.91 Å². The molecule has 4 aromatic heterocycles. The van der Waals surface area contributed by atoms with Gasteiger partial charge in [-0.05, 0) is 48.9 Å². The van der Waals surface area contributed by atoms with Crippen molar-refractivity contribution in [3.8, 4) is 22.4 Å². The van der Waals surface area contributed by atoms with Gasteiger partial charge in [-0.2, -0.15) is 0 Å². The molecule has 4 heterocycles. The van der Waals surface area contributed by atoms with Crippen molar-refractivity contribution in [2.24, 2.45) is 7.05 Å². The Morgan fingerprint density at radius 3 is 2.68 bits per heavy atom. The molecule has 34 heavy (non-hydrogen) atoms. The summed E-state index contributed by atoms with van der Waals surface area (Å²) in [4.78, 5) is 33.4. The summed E-state index contributed by atoms with van der Waals surface area (Å²) in [6, 6.07) is 13.0. The second kappa shape index (κ2) is 8.47. The molecular formula is C26H21FN4O3. The zero-order valence-corrected chi connectivity index (χ0v) is 18.5. The number of carbonyl (C=O) groups excluding carboxylic acids is 1. The van der Waals surface area contributed by atoms with Gasteiger partial charge in [0.1, 0.15) is 11.6 Å². The third-order valence-corrected chi connectivity index (χ3v) is 5.90. The molecule has 170 valence electrons. The number of carbonyl (C=O) groups is 1. The van der Waals surface area contributed by atoms with E-state index in [0.717, 1.165) is 11.1 Å². The van der Waals surface area contributed by atoms with Crippen molar-refractivity contribution in [3.63, 3.8) is 0 Å². The molecule has 0 radical (unpaired) electrons. The number of anilines is 1. The first-order valence-electron chi connectivity index (χ1n) is 10.7. The van der Waals surface area contributed by atoms with Crippen LogP contribution in [0.5, 0.6) is 0 Å². The van der Waals surface area contributed by atoms with E-state index in [1.54, 1.807) is 69.2 Å². The molecule has 0 aliphatic rings. The lowest BCUT2D eigenvalue weighted by molar-refractivity contribution is -0.117. The largest absolute Gasteiger partial charge is 0.472 e. The van der Waals surface area contributed by atoms with Gasteiger partial charge in [0.05, 0.1) is 35.0 Å². The molecule has 2 N–H and O–H groups in total. The number of nitrogens with zero attached hydrogens (tertiary/aromatic N) is 2. The quantitative estimate of drug-likeness (QED) is 0.386. The van der Waals surface area contributed by atoms with Crippen molar-refractivity contribution in [2.75, 3.05) is 5.32 Å². The van der Waals surface area contributed by atoms with Crippen molar-refractivity contribution in [1.82, 2.24) is 14.5 Å². The van der Waals surface area contributed by atoms with Gasteiger partial charge in [-0.15, -0.1) is 0 Å². The summed E-state index contributed by atoms with van der Waals surface area (Å²) in [5.41, 5.74) is 4.20. The summed E-state index contributed by atoms with van der Waals surface area (Å²) in [7, 11) is 1.70. The molecule has 0 spiro atoms. The highest BCUT2D eigenvalue weighted by molar-refractivity contribution is 6.03. The van der Waals surface area contributed by atoms with Gasteiger partial charge < -0.3 is 19.3 Å². The number of benzene rings is 1. The van der Waals surface area contributed by atoms with E-state index in [2.05, 4.69) is 15.3 Å². The number of hydrogen-bond donors (Lipinski definition) is 2. The van der Waals surface area contributed by atoms with Crippen LogP contribution in [0.15, 0.2) is 82.7 Å². The Morgan fingerprint density at radius 1 is 1.15 bits per heavy atom. The van der Waals surface area contributed by atoms with E-state index in [1.807, 2.05) is 6.07 Å². The van der Waals surface area contributed by atoms with Crippen LogP contribution in [0.4, 0.5) is 10.2 Å². The van der Waals surface area contributed by atoms with Crippen LogP contribution in [-0.2, 0) is 11.8 Å². The Balaban J connectivity index is 1.54. The summed E-state index contributed by atoms with van der Waals surface area (Å²) < 4.78 is 20.0. The van der Waals surface area contributed by atoms with Gasteiger partial charge in [0, 0.05) is 36.1 Å². The highest BCUT2D eigenvalue weighted by Crippen LogP contribution is 2.37. The smallest absolute Gasteiger partial charge is 0.260 e. The van der Waals surface area contributed by atoms with Gasteiger partial charge in [-0.25, -0.2) is 9.37 Å². The number of furan rings is 1. The molecule has 0 aliphatic heterocycles. The fourth-order valence-corrected chi connectivity index (χ4v) is 4.00. The summed E-state index contributed by atoms with van der Waals surface area (Å²) in [6.07, 6.45) is 6.45. The van der Waals surface area contributed by atoms with E-state index in [-0.39, 0.29) is 17.3 Å². The molecule has 7 nitrogen and oxygen atoms in total. The molecule has 1 unspecified atom stereocenters. The van der Waals surface area contributed by atoms with Crippen LogP contribution in [0.3, 0.4) is 0 Å². The maximum absolute atomic E-state index is 13.2. The Labute approximate surface area is 193 Å². The number of hydrogen-bond acceptors (Lipinski definition) is 4. The first kappa shape index (κ1) is 21.4. The number of rotatable bonds is 5. The average Bonchev–Trinajstić information content (AvgIpc) is 3.50. The number of pyridine rings is 2. The fourth-order valence-electron chi connectivity index (χ4n) is 4.00. The van der Waals surface area contributed by atoms with Crippen LogP contribution in [0.2, 0.25) is 0 Å². The molecule has 1 atom stereocenters. The predicted octanol–water partition coefficient (Wildman–Crippen LogP) is 5.07. The molecule has 8 heteroatoms. The minimum atomic E-state index is -0.497. The summed E-state index contributed by atoms with van der Waals surface area (Å²) >= 11 is 0. The molecule has 5 rings (SSSR count). The second-order valence-electron chi connectivity index (χ2n) is 8.10. The van der Waals surface area contributed by atoms with Gasteiger partial charge in [0.25, 0.3) is 5.56 Å². The van der Waals surface area contributed by atoms with Crippen molar-refractivity contribution < 1.29 is 13.6 Å². The lowest BCUT2D eigenvalue weighted by Crippen LogP contribution is -2.19. The van der Waals surface area contributed by atoms with Gasteiger partial charge in [-0.3, -0.25) is 9.59 Å². The Bertz CT molecular complexity index is 1550. The van der Waals surface area contributed by atoms with E-state index in [9.17, 15) is 14.0 Å². The Morgan fingerprint density at radius 2 is 1.94 bits per heavy atom. The number of aryl methyl sites for hydroxylation is 1. The molecule has 0 aliphatic carbocycles. The van der Waals surface area contributed by atoms with Crippen LogP contribution < -0.4 is 10.9 Å². The topological polar surface area (TPSA) is 92.9 Å². The van der Waals surface area contributed by atoms with Crippen LogP contribution in [0.25, 0.3) is 33.3 Å². The van der Waals surface area contributed by atoms with Crippen LogP contribution >= 0.6 is 0 Å². The van der Waals surface area contributed by atoms with Crippen molar-refractivity contribution >= 4 is 22.6 Å². The van der Waals surface area contributed by atoms with Crippen LogP contribution in [-0.4, -0.2) is 20.4 Å². The third-order valence-electron chi connectivity index (χ3n) is 5.90. The minimum absolute atomic E-state index is 0.132. The van der Waals surface area contributed by atoms with E-state index in [1.165, 1.54) is 16.7 Å². The summed E-state index contributed by atoms with van der Waals surface area (Å²) in [6.45, 7) is 1.75. The zero-order chi connectivity index (χ0) is 23.8. The van der Waals surface area contributed by atoms with Crippen LogP contribution in [0, 0.1) is 5.82 Å². The maximum Gasteiger partial charge on any atom is 0.260 e. The highest BCUT2D eigenvalue weighted by atomic mass is 19.1. The average molecular weight is 456 g/mol. The molecule has 0 fully saturated rings. The second-order valence-corrected chi connectivity index (χ2v) is 8.10. The van der Waals surface area contributed by atoms with Crippen molar-refractivity contribution in [3.05, 3.63) is 95.2 Å². The van der Waals surface area contributed by atoms with Crippen molar-refractivity contribution in [2.45, 2.75) is 12.8 Å². The molecule has 0 saturated carbocycles. The molecule has 0 saturated heterocycles. The number of amides is 1. The monoisotopic (exact) mass is 456 g/mol. The molecule has 5 aromatic rings. The van der Waals surface area contributed by atoms with E-state index < -0.39 is 5.92 Å². The normalized spacial score (nSPS) is 12.1. The first-order chi connectivity index (χ1) is 16.4. The number of nitrogens with one attached hydrogen (secondary N) is 2. The van der Waals surface area contributed by atoms with Gasteiger partial charge >= 0.3 is 0 Å². The predicted molar refractivity (Wildman–Crippen MR) is 128 cm³/mol. The lowest BCUT2D eigenvalue weighted by Gasteiger charge is -2.13. The molecule has 1 aromatic carbocycles. The van der Waals surface area contributed by atoms with E-state index >= 15 is 0 Å². The fraction of sp³-hybridized carbons (Fsp3) is 0.115. The van der Waals surface area contributed by atoms with Gasteiger partial charge in [0.15, 0.2) is 0 Å².